The Morgan fingerprint density at radius 2 is 1.74 bits per heavy atom. The third kappa shape index (κ3) is 5.59. The third-order valence-corrected chi connectivity index (χ3v) is 6.01. The van der Waals surface area contributed by atoms with Crippen LogP contribution < -0.4 is 0 Å². The van der Waals surface area contributed by atoms with Gasteiger partial charge in [-0.15, -0.1) is 0 Å². The van der Waals surface area contributed by atoms with Gasteiger partial charge >= 0.3 is 0 Å². The second-order valence-electron chi connectivity index (χ2n) is 6.75. The molecule has 1 saturated heterocycles. The Balaban J connectivity index is 1.82. The highest BCUT2D eigenvalue weighted by Crippen LogP contribution is 2.21. The van der Waals surface area contributed by atoms with Crippen molar-refractivity contribution < 1.29 is 8.42 Å². The Morgan fingerprint density at radius 3 is 2.30 bits per heavy atom. The Hall–Kier alpha value is -0.910. The largest absolute Gasteiger partial charge is 0.303 e. The lowest BCUT2D eigenvalue weighted by Crippen LogP contribution is -2.33. The Bertz CT molecular complexity index is 578. The van der Waals surface area contributed by atoms with Gasteiger partial charge in [0.2, 0.25) is 0 Å². The lowest BCUT2D eigenvalue weighted by molar-refractivity contribution is 0.198. The first-order valence-electron chi connectivity index (χ1n) is 8.60. The molecule has 23 heavy (non-hydrogen) atoms. The molecule has 0 aliphatic carbocycles. The van der Waals surface area contributed by atoms with Crippen LogP contribution in [0.3, 0.4) is 0 Å². The van der Waals surface area contributed by atoms with E-state index in [-0.39, 0.29) is 0 Å². The minimum atomic E-state index is -3.11. The van der Waals surface area contributed by atoms with E-state index in [1.807, 2.05) is 12.1 Å². The zero-order valence-corrected chi connectivity index (χ0v) is 15.5. The van der Waals surface area contributed by atoms with E-state index >= 15 is 0 Å². The number of nitrogens with zero attached hydrogens (tertiary/aromatic N) is 2. The van der Waals surface area contributed by atoms with Gasteiger partial charge in [0.15, 0.2) is 9.84 Å². The summed E-state index contributed by atoms with van der Waals surface area (Å²) in [5.41, 5.74) is 1.16. The smallest absolute Gasteiger partial charge is 0.175 e. The van der Waals surface area contributed by atoms with Gasteiger partial charge in [-0.2, -0.15) is 0 Å². The third-order valence-electron chi connectivity index (χ3n) is 4.89. The first-order valence-corrected chi connectivity index (χ1v) is 10.5. The quantitative estimate of drug-likeness (QED) is 0.766. The summed E-state index contributed by atoms with van der Waals surface area (Å²) in [4.78, 5) is 5.31. The summed E-state index contributed by atoms with van der Waals surface area (Å²) < 4.78 is 23.0. The molecule has 1 aliphatic rings. The van der Waals surface area contributed by atoms with Crippen molar-refractivity contribution in [3.63, 3.8) is 0 Å². The van der Waals surface area contributed by atoms with Gasteiger partial charge in [-0.05, 0) is 77.1 Å². The number of benzene rings is 1. The van der Waals surface area contributed by atoms with E-state index in [9.17, 15) is 8.42 Å². The fourth-order valence-corrected chi connectivity index (χ4v) is 3.80. The molecule has 5 heteroatoms. The highest BCUT2D eigenvalue weighted by molar-refractivity contribution is 7.90. The maximum absolute atomic E-state index is 11.5. The van der Waals surface area contributed by atoms with E-state index in [2.05, 4.69) is 23.8 Å². The fourth-order valence-electron chi connectivity index (χ4n) is 3.17. The molecule has 1 unspecified atom stereocenters. The van der Waals surface area contributed by atoms with Gasteiger partial charge in [0, 0.05) is 12.3 Å². The molecule has 0 amide bonds. The molecule has 1 heterocycles. The number of hydrogen-bond donors (Lipinski definition) is 0. The molecule has 4 nitrogen and oxygen atoms in total. The van der Waals surface area contributed by atoms with Gasteiger partial charge < -0.3 is 4.90 Å². The summed E-state index contributed by atoms with van der Waals surface area (Å²) >= 11 is 0. The predicted molar refractivity (Wildman–Crippen MR) is 95.5 cm³/mol. The minimum absolute atomic E-state index is 0.296. The van der Waals surface area contributed by atoms with Crippen LogP contribution in [0.15, 0.2) is 29.2 Å². The molecule has 0 aromatic heterocycles. The van der Waals surface area contributed by atoms with Gasteiger partial charge in [0.05, 0.1) is 4.90 Å². The van der Waals surface area contributed by atoms with E-state index < -0.39 is 9.84 Å². The number of sulfone groups is 1. The van der Waals surface area contributed by atoms with Gasteiger partial charge in [-0.1, -0.05) is 18.6 Å². The predicted octanol–water partition coefficient (Wildman–Crippen LogP) is 2.96. The van der Waals surface area contributed by atoms with Crippen LogP contribution >= 0.6 is 0 Å². The number of hydrogen-bond acceptors (Lipinski definition) is 4. The molecule has 1 aromatic rings. The minimum Gasteiger partial charge on any atom is -0.303 e. The molecule has 2 rings (SSSR count). The van der Waals surface area contributed by atoms with Crippen LogP contribution in [0.1, 0.15) is 44.2 Å². The van der Waals surface area contributed by atoms with Crippen molar-refractivity contribution in [3.05, 3.63) is 29.8 Å². The topological polar surface area (TPSA) is 40.6 Å². The SMILES string of the molecule is CC(c1ccc(S(C)(=O)=O)cc1)N(C)CCCN1CCCCC1. The normalized spacial score (nSPS) is 18.3. The average molecular weight is 339 g/mol. The average Bonchev–Trinajstić information content (AvgIpc) is 2.54. The van der Waals surface area contributed by atoms with Crippen molar-refractivity contribution in [2.75, 3.05) is 39.5 Å². The van der Waals surface area contributed by atoms with Gasteiger partial charge in [-0.25, -0.2) is 8.42 Å². The van der Waals surface area contributed by atoms with Crippen LogP contribution in [0.25, 0.3) is 0 Å². The van der Waals surface area contributed by atoms with E-state index in [1.165, 1.54) is 51.6 Å². The van der Waals surface area contributed by atoms with Gasteiger partial charge in [-0.3, -0.25) is 4.90 Å². The molecule has 0 spiro atoms. The molecule has 0 N–H and O–H groups in total. The van der Waals surface area contributed by atoms with Crippen molar-refractivity contribution >= 4 is 9.84 Å². The van der Waals surface area contributed by atoms with Crippen LogP contribution in [0, 0.1) is 0 Å². The van der Waals surface area contributed by atoms with Crippen molar-refractivity contribution in [2.45, 2.75) is 43.5 Å². The summed E-state index contributed by atoms with van der Waals surface area (Å²) in [5, 5.41) is 0. The number of piperidine rings is 1. The highest BCUT2D eigenvalue weighted by Gasteiger charge is 2.14. The number of rotatable bonds is 7. The highest BCUT2D eigenvalue weighted by atomic mass is 32.2. The molecule has 1 fully saturated rings. The molecular formula is C18H30N2O2S. The summed E-state index contributed by atoms with van der Waals surface area (Å²) in [5.74, 6) is 0. The van der Waals surface area contributed by atoms with E-state index in [0.717, 1.165) is 12.1 Å². The lowest BCUT2D eigenvalue weighted by Gasteiger charge is -2.29. The van der Waals surface area contributed by atoms with Crippen LogP contribution in [-0.4, -0.2) is 57.7 Å². The summed E-state index contributed by atoms with van der Waals surface area (Å²) in [7, 11) is -0.967. The van der Waals surface area contributed by atoms with Crippen LogP contribution in [0.4, 0.5) is 0 Å². The van der Waals surface area contributed by atoms with Crippen LogP contribution in [-0.2, 0) is 9.84 Å². The lowest BCUT2D eigenvalue weighted by atomic mass is 10.1. The van der Waals surface area contributed by atoms with Crippen LogP contribution in [0.2, 0.25) is 0 Å². The van der Waals surface area contributed by atoms with E-state index in [4.69, 9.17) is 0 Å². The van der Waals surface area contributed by atoms with E-state index in [1.54, 1.807) is 12.1 Å². The number of likely N-dealkylation sites (tertiary alicyclic amines) is 1. The zero-order chi connectivity index (χ0) is 16.9. The van der Waals surface area contributed by atoms with Gasteiger partial charge in [0.1, 0.15) is 0 Å². The van der Waals surface area contributed by atoms with E-state index in [0.29, 0.717) is 10.9 Å². The summed E-state index contributed by atoms with van der Waals surface area (Å²) in [6.45, 7) is 6.93. The molecule has 1 atom stereocenters. The molecule has 1 aromatic carbocycles. The molecule has 0 bridgehead atoms. The Morgan fingerprint density at radius 1 is 1.13 bits per heavy atom. The second kappa shape index (κ2) is 8.27. The standard InChI is InChI=1S/C18H30N2O2S/c1-16(17-8-10-18(11-9-17)23(3,21)22)19(2)12-7-15-20-13-5-4-6-14-20/h8-11,16H,4-7,12-15H2,1-3H3. The second-order valence-corrected chi connectivity index (χ2v) is 8.77. The van der Waals surface area contributed by atoms with Crippen LogP contribution in [0.5, 0.6) is 0 Å². The summed E-state index contributed by atoms with van der Waals surface area (Å²) in [6, 6.07) is 7.58. The van der Waals surface area contributed by atoms with Crippen molar-refractivity contribution in [3.8, 4) is 0 Å². The molecule has 1 aliphatic heterocycles. The first kappa shape index (κ1) is 18.4. The van der Waals surface area contributed by atoms with Crippen molar-refractivity contribution in [2.24, 2.45) is 0 Å². The maximum atomic E-state index is 11.5. The Labute approximate surface area is 141 Å². The molecule has 130 valence electrons. The monoisotopic (exact) mass is 338 g/mol. The maximum Gasteiger partial charge on any atom is 0.175 e. The molecule has 0 radical (unpaired) electrons. The van der Waals surface area contributed by atoms with Crippen molar-refractivity contribution in [1.82, 2.24) is 9.80 Å². The Kier molecular flexibility index (Phi) is 6.62. The molecule has 0 saturated carbocycles. The van der Waals surface area contributed by atoms with Crippen molar-refractivity contribution in [1.29, 1.82) is 0 Å². The zero-order valence-electron chi connectivity index (χ0n) is 14.7. The van der Waals surface area contributed by atoms with Gasteiger partial charge in [0.25, 0.3) is 0 Å². The fraction of sp³-hybridized carbons (Fsp3) is 0.667. The summed E-state index contributed by atoms with van der Waals surface area (Å²) in [6.07, 6.45) is 6.51. The first-order chi connectivity index (χ1) is 10.9. The molecular weight excluding hydrogens is 308 g/mol.